The van der Waals surface area contributed by atoms with Gasteiger partial charge in [-0.15, -0.1) is 0 Å². The van der Waals surface area contributed by atoms with Gasteiger partial charge in [-0.3, -0.25) is 0 Å². The molecule has 1 atom stereocenters. The third-order valence-corrected chi connectivity index (χ3v) is 6.63. The van der Waals surface area contributed by atoms with Gasteiger partial charge in [-0.25, -0.2) is 0 Å². The van der Waals surface area contributed by atoms with Crippen LogP contribution in [0.3, 0.4) is 0 Å². The highest BCUT2D eigenvalue weighted by Gasteiger charge is 2.34. The number of rotatable bonds is 1. The Morgan fingerprint density at radius 1 is 1.31 bits per heavy atom. The summed E-state index contributed by atoms with van der Waals surface area (Å²) < 4.78 is 12.5. The first-order chi connectivity index (χ1) is 5.86. The van der Waals surface area contributed by atoms with Gasteiger partial charge in [0.15, 0.2) is 0 Å². The second kappa shape index (κ2) is 3.46. The lowest BCUT2D eigenvalue weighted by atomic mass is 10.2. The largest absolute Gasteiger partial charge is 0.318 e. The molecule has 0 radical (unpaired) electrons. The molecule has 0 N–H and O–H groups in total. The molecule has 0 fully saturated rings. The van der Waals surface area contributed by atoms with Crippen LogP contribution in [0, 0.1) is 0 Å². The normalized spacial score (nSPS) is 22.3. The Hall–Kier alpha value is -0.290. The van der Waals surface area contributed by atoms with E-state index in [-0.39, 0.29) is 5.16 Å². The van der Waals surface area contributed by atoms with E-state index in [0.717, 1.165) is 18.2 Å². The molecule has 1 aliphatic carbocycles. The minimum Gasteiger partial charge on any atom is -0.318 e. The van der Waals surface area contributed by atoms with Gasteiger partial charge in [-0.05, 0) is 19.5 Å². The zero-order valence-electron chi connectivity index (χ0n) is 9.00. The van der Waals surface area contributed by atoms with Crippen molar-refractivity contribution in [2.75, 3.05) is 6.66 Å². The summed E-state index contributed by atoms with van der Waals surface area (Å²) in [5, 5.41) is 0.951. The Kier molecular flexibility index (Phi) is 2.87. The van der Waals surface area contributed by atoms with E-state index < -0.39 is 7.14 Å². The van der Waals surface area contributed by atoms with Gasteiger partial charge in [0.05, 0.1) is 0 Å². The maximum absolute atomic E-state index is 12.5. The fourth-order valence-corrected chi connectivity index (χ4v) is 2.95. The van der Waals surface area contributed by atoms with Crippen LogP contribution in [0.25, 0.3) is 0 Å². The molecule has 1 aliphatic rings. The molecular weight excluding hydrogens is 179 g/mol. The molecule has 0 aliphatic heterocycles. The molecule has 1 nitrogen and oxygen atoms in total. The van der Waals surface area contributed by atoms with Crippen molar-refractivity contribution in [2.24, 2.45) is 0 Å². The molecule has 0 aromatic rings. The minimum absolute atomic E-state index is 0.111. The molecule has 0 aromatic carbocycles. The lowest BCUT2D eigenvalue weighted by molar-refractivity contribution is 0.558. The fraction of sp³-hybridized carbons (Fsp3) is 0.636. The predicted molar refractivity (Wildman–Crippen MR) is 59.7 cm³/mol. The second-order valence-corrected chi connectivity index (χ2v) is 8.41. The van der Waals surface area contributed by atoms with Crippen molar-refractivity contribution >= 4 is 7.14 Å². The van der Waals surface area contributed by atoms with Crippen molar-refractivity contribution in [3.05, 3.63) is 23.5 Å². The molecule has 13 heavy (non-hydrogen) atoms. The van der Waals surface area contributed by atoms with Gasteiger partial charge in [0.2, 0.25) is 0 Å². The van der Waals surface area contributed by atoms with Crippen LogP contribution in [0.15, 0.2) is 23.5 Å². The Morgan fingerprint density at radius 2 is 1.92 bits per heavy atom. The van der Waals surface area contributed by atoms with E-state index in [1.807, 2.05) is 12.7 Å². The molecule has 0 saturated heterocycles. The van der Waals surface area contributed by atoms with Crippen LogP contribution < -0.4 is 0 Å². The highest BCUT2D eigenvalue weighted by molar-refractivity contribution is 7.69. The van der Waals surface area contributed by atoms with Crippen LogP contribution in [0.5, 0.6) is 0 Å². The van der Waals surface area contributed by atoms with Gasteiger partial charge in [0.1, 0.15) is 7.14 Å². The number of hydrogen-bond acceptors (Lipinski definition) is 1. The molecule has 0 saturated carbocycles. The molecule has 0 aromatic heterocycles. The summed E-state index contributed by atoms with van der Waals surface area (Å²) in [5.41, 5.74) is 0. The number of hydrogen-bond donors (Lipinski definition) is 0. The SMILES string of the molecule is CC(C)(C)P(C)(=O)C1=CCCC=C1. The van der Waals surface area contributed by atoms with E-state index in [2.05, 4.69) is 32.9 Å². The highest BCUT2D eigenvalue weighted by Crippen LogP contribution is 2.61. The third kappa shape index (κ3) is 2.14. The van der Waals surface area contributed by atoms with E-state index in [4.69, 9.17) is 0 Å². The minimum atomic E-state index is -2.18. The highest BCUT2D eigenvalue weighted by atomic mass is 31.2. The third-order valence-electron chi connectivity index (χ3n) is 2.75. The molecule has 74 valence electrons. The Labute approximate surface area is 81.3 Å². The van der Waals surface area contributed by atoms with Crippen LogP contribution in [0.2, 0.25) is 0 Å². The van der Waals surface area contributed by atoms with Crippen molar-refractivity contribution in [1.29, 1.82) is 0 Å². The fourth-order valence-electron chi connectivity index (χ4n) is 1.30. The second-order valence-electron chi connectivity index (χ2n) is 4.70. The van der Waals surface area contributed by atoms with E-state index >= 15 is 0 Å². The molecule has 0 bridgehead atoms. The van der Waals surface area contributed by atoms with Crippen molar-refractivity contribution in [2.45, 2.75) is 38.8 Å². The van der Waals surface area contributed by atoms with Gasteiger partial charge < -0.3 is 4.57 Å². The van der Waals surface area contributed by atoms with Gasteiger partial charge in [0, 0.05) is 10.5 Å². The summed E-state index contributed by atoms with van der Waals surface area (Å²) in [4.78, 5) is 0. The monoisotopic (exact) mass is 198 g/mol. The Morgan fingerprint density at radius 3 is 2.31 bits per heavy atom. The van der Waals surface area contributed by atoms with Crippen molar-refractivity contribution in [3.8, 4) is 0 Å². The van der Waals surface area contributed by atoms with Gasteiger partial charge in [-0.1, -0.05) is 39.0 Å². The summed E-state index contributed by atoms with van der Waals surface area (Å²) in [6.07, 6.45) is 8.42. The van der Waals surface area contributed by atoms with E-state index in [0.29, 0.717) is 0 Å². The summed E-state index contributed by atoms with van der Waals surface area (Å²) >= 11 is 0. The molecule has 1 rings (SSSR count). The summed E-state index contributed by atoms with van der Waals surface area (Å²) in [7, 11) is -2.18. The molecule has 2 heteroatoms. The first-order valence-corrected chi connectivity index (χ1v) is 6.96. The quantitative estimate of drug-likeness (QED) is 0.582. The van der Waals surface area contributed by atoms with Crippen molar-refractivity contribution in [3.63, 3.8) is 0 Å². The summed E-state index contributed by atoms with van der Waals surface area (Å²) in [6.45, 7) is 8.06. The zero-order chi connectivity index (χ0) is 10.1. The van der Waals surface area contributed by atoms with E-state index in [1.165, 1.54) is 0 Å². The molecule has 0 spiro atoms. The topological polar surface area (TPSA) is 17.1 Å². The first kappa shape index (κ1) is 10.8. The van der Waals surface area contributed by atoms with Gasteiger partial charge in [-0.2, -0.15) is 0 Å². The van der Waals surface area contributed by atoms with Crippen LogP contribution >= 0.6 is 7.14 Å². The first-order valence-electron chi connectivity index (χ1n) is 4.80. The zero-order valence-corrected chi connectivity index (χ0v) is 9.90. The van der Waals surface area contributed by atoms with Crippen LogP contribution in [-0.2, 0) is 4.57 Å². The van der Waals surface area contributed by atoms with Crippen LogP contribution in [-0.4, -0.2) is 11.8 Å². The lowest BCUT2D eigenvalue weighted by Crippen LogP contribution is -2.15. The van der Waals surface area contributed by atoms with Crippen molar-refractivity contribution in [1.82, 2.24) is 0 Å². The van der Waals surface area contributed by atoms with E-state index in [9.17, 15) is 4.57 Å². The van der Waals surface area contributed by atoms with Crippen molar-refractivity contribution < 1.29 is 4.57 Å². The maximum Gasteiger partial charge on any atom is 0.117 e. The average molecular weight is 198 g/mol. The molecule has 1 unspecified atom stereocenters. The molecular formula is C11H19OP. The maximum atomic E-state index is 12.5. The number of allylic oxidation sites excluding steroid dienone is 4. The lowest BCUT2D eigenvalue weighted by Gasteiger charge is -2.29. The standard InChI is InChI=1S/C11H19OP/c1-11(2,3)13(4,12)10-8-6-5-7-9-10/h6,8-9H,5,7H2,1-4H3. The Bertz CT molecular complexity index is 292. The van der Waals surface area contributed by atoms with Crippen LogP contribution in [0.4, 0.5) is 0 Å². The average Bonchev–Trinajstić information content (AvgIpc) is 2.04. The summed E-state index contributed by atoms with van der Waals surface area (Å²) in [5.74, 6) is 0. The van der Waals surface area contributed by atoms with Crippen LogP contribution in [0.1, 0.15) is 33.6 Å². The molecule has 0 heterocycles. The smallest absolute Gasteiger partial charge is 0.117 e. The van der Waals surface area contributed by atoms with Gasteiger partial charge in [0.25, 0.3) is 0 Å². The van der Waals surface area contributed by atoms with E-state index in [1.54, 1.807) is 0 Å². The predicted octanol–water partition coefficient (Wildman–Crippen LogP) is 4.01. The summed E-state index contributed by atoms with van der Waals surface area (Å²) in [6, 6.07) is 0. The Balaban J connectivity index is 3.00. The molecule has 0 amide bonds. The van der Waals surface area contributed by atoms with Gasteiger partial charge >= 0.3 is 0 Å².